The van der Waals surface area contributed by atoms with Crippen LogP contribution in [-0.4, -0.2) is 24.1 Å². The molecule has 2 fully saturated rings. The van der Waals surface area contributed by atoms with E-state index in [1.54, 1.807) is 12.3 Å². The van der Waals surface area contributed by atoms with Crippen molar-refractivity contribution in [2.24, 2.45) is 17.6 Å². The zero-order valence-electron chi connectivity index (χ0n) is 8.03. The maximum atomic E-state index is 6.09. The lowest BCUT2D eigenvalue weighted by Gasteiger charge is -2.21. The van der Waals surface area contributed by atoms with Crippen LogP contribution >= 0.6 is 23.2 Å². The molecule has 3 nitrogen and oxygen atoms in total. The average molecular weight is 244 g/mol. The topological polar surface area (TPSA) is 42.1 Å². The summed E-state index contributed by atoms with van der Waals surface area (Å²) in [4.78, 5) is 6.45. The SMILES string of the molecule is NC1C2CN(c3ncc(Cl)cc3Cl)CC12. The summed E-state index contributed by atoms with van der Waals surface area (Å²) in [6, 6.07) is 2.13. The molecule has 0 radical (unpaired) electrons. The van der Waals surface area contributed by atoms with E-state index in [1.807, 2.05) is 0 Å². The summed E-state index contributed by atoms with van der Waals surface area (Å²) in [6.07, 6.45) is 1.63. The molecule has 2 N–H and O–H groups in total. The summed E-state index contributed by atoms with van der Waals surface area (Å²) in [6.45, 7) is 1.94. The highest BCUT2D eigenvalue weighted by Gasteiger charge is 2.54. The number of hydrogen-bond acceptors (Lipinski definition) is 3. The largest absolute Gasteiger partial charge is 0.355 e. The van der Waals surface area contributed by atoms with Gasteiger partial charge in [0.25, 0.3) is 0 Å². The Morgan fingerprint density at radius 1 is 1.33 bits per heavy atom. The third-order valence-corrected chi connectivity index (χ3v) is 3.83. The van der Waals surface area contributed by atoms with Gasteiger partial charge >= 0.3 is 0 Å². The van der Waals surface area contributed by atoms with Gasteiger partial charge in [-0.3, -0.25) is 0 Å². The third-order valence-electron chi connectivity index (χ3n) is 3.35. The molecule has 5 heteroatoms. The first-order valence-electron chi connectivity index (χ1n) is 4.98. The fourth-order valence-electron chi connectivity index (χ4n) is 2.39. The van der Waals surface area contributed by atoms with Crippen molar-refractivity contribution in [3.63, 3.8) is 0 Å². The van der Waals surface area contributed by atoms with Crippen LogP contribution in [0.25, 0.3) is 0 Å². The number of anilines is 1. The van der Waals surface area contributed by atoms with E-state index in [9.17, 15) is 0 Å². The molecular weight excluding hydrogens is 233 g/mol. The molecule has 80 valence electrons. The van der Waals surface area contributed by atoms with Crippen molar-refractivity contribution in [1.29, 1.82) is 0 Å². The Morgan fingerprint density at radius 3 is 2.60 bits per heavy atom. The molecule has 1 aliphatic carbocycles. The minimum Gasteiger partial charge on any atom is -0.355 e. The number of nitrogens with zero attached hydrogens (tertiary/aromatic N) is 2. The Labute approximate surface area is 98.2 Å². The van der Waals surface area contributed by atoms with Gasteiger partial charge < -0.3 is 10.6 Å². The quantitative estimate of drug-likeness (QED) is 0.818. The first-order chi connectivity index (χ1) is 7.16. The molecule has 0 amide bonds. The van der Waals surface area contributed by atoms with E-state index >= 15 is 0 Å². The number of piperidine rings is 1. The van der Waals surface area contributed by atoms with Gasteiger partial charge in [-0.1, -0.05) is 23.2 Å². The molecule has 1 saturated carbocycles. The summed E-state index contributed by atoms with van der Waals surface area (Å²) in [5.74, 6) is 2.11. The van der Waals surface area contributed by atoms with E-state index in [1.165, 1.54) is 0 Å². The van der Waals surface area contributed by atoms with Crippen LogP contribution in [-0.2, 0) is 0 Å². The van der Waals surface area contributed by atoms with Gasteiger partial charge in [0.05, 0.1) is 10.0 Å². The Bertz CT molecular complexity index is 398. The van der Waals surface area contributed by atoms with Gasteiger partial charge in [0.15, 0.2) is 0 Å². The van der Waals surface area contributed by atoms with Gasteiger partial charge in [0.2, 0.25) is 0 Å². The molecule has 1 aromatic rings. The predicted molar refractivity (Wildman–Crippen MR) is 61.4 cm³/mol. The molecule has 0 bridgehead atoms. The van der Waals surface area contributed by atoms with Crippen molar-refractivity contribution >= 4 is 29.0 Å². The molecule has 1 aromatic heterocycles. The molecule has 15 heavy (non-hydrogen) atoms. The zero-order chi connectivity index (χ0) is 10.6. The standard InChI is InChI=1S/C10H11Cl2N3/c11-5-1-8(12)10(14-2-5)15-3-6-7(4-15)9(6)13/h1-2,6-7,9H,3-4,13H2. The molecule has 2 unspecified atom stereocenters. The maximum absolute atomic E-state index is 6.09. The van der Waals surface area contributed by atoms with Gasteiger partial charge in [0.1, 0.15) is 5.82 Å². The van der Waals surface area contributed by atoms with Crippen molar-refractivity contribution in [2.45, 2.75) is 6.04 Å². The number of rotatable bonds is 1. The van der Waals surface area contributed by atoms with Crippen molar-refractivity contribution in [3.05, 3.63) is 22.3 Å². The number of nitrogens with two attached hydrogens (primary N) is 1. The fraction of sp³-hybridized carbons (Fsp3) is 0.500. The van der Waals surface area contributed by atoms with E-state index in [0.717, 1.165) is 18.9 Å². The van der Waals surface area contributed by atoms with Crippen LogP contribution in [0.15, 0.2) is 12.3 Å². The van der Waals surface area contributed by atoms with E-state index in [4.69, 9.17) is 28.9 Å². The Morgan fingerprint density at radius 2 is 2.00 bits per heavy atom. The van der Waals surface area contributed by atoms with Crippen LogP contribution in [0, 0.1) is 11.8 Å². The molecule has 0 aromatic carbocycles. The normalized spacial score (nSPS) is 33.0. The van der Waals surface area contributed by atoms with Crippen molar-refractivity contribution in [1.82, 2.24) is 4.98 Å². The molecule has 2 atom stereocenters. The van der Waals surface area contributed by atoms with Crippen molar-refractivity contribution in [2.75, 3.05) is 18.0 Å². The highest BCUT2D eigenvalue weighted by molar-refractivity contribution is 6.36. The molecular formula is C10H11Cl2N3. The smallest absolute Gasteiger partial charge is 0.147 e. The highest BCUT2D eigenvalue weighted by Crippen LogP contribution is 2.45. The second kappa shape index (κ2) is 3.24. The van der Waals surface area contributed by atoms with Crippen LogP contribution in [0.1, 0.15) is 0 Å². The third kappa shape index (κ3) is 1.50. The van der Waals surface area contributed by atoms with Crippen molar-refractivity contribution in [3.8, 4) is 0 Å². The fourth-order valence-corrected chi connectivity index (χ4v) is 2.88. The zero-order valence-corrected chi connectivity index (χ0v) is 9.54. The van der Waals surface area contributed by atoms with Gasteiger partial charge in [-0.15, -0.1) is 0 Å². The highest BCUT2D eigenvalue weighted by atomic mass is 35.5. The van der Waals surface area contributed by atoms with E-state index in [0.29, 0.717) is 27.9 Å². The lowest BCUT2D eigenvalue weighted by Crippen LogP contribution is -2.28. The Kier molecular flexibility index (Phi) is 2.09. The van der Waals surface area contributed by atoms with E-state index in [2.05, 4.69) is 9.88 Å². The monoisotopic (exact) mass is 243 g/mol. The lowest BCUT2D eigenvalue weighted by molar-refractivity contribution is 0.735. The molecule has 1 aliphatic heterocycles. The summed E-state index contributed by atoms with van der Waals surface area (Å²) in [7, 11) is 0. The summed E-state index contributed by atoms with van der Waals surface area (Å²) >= 11 is 11.9. The first-order valence-corrected chi connectivity index (χ1v) is 5.74. The van der Waals surface area contributed by atoms with E-state index in [-0.39, 0.29) is 0 Å². The molecule has 2 aliphatic rings. The Hall–Kier alpha value is -0.510. The van der Waals surface area contributed by atoms with Crippen LogP contribution in [0.5, 0.6) is 0 Å². The number of hydrogen-bond donors (Lipinski definition) is 1. The van der Waals surface area contributed by atoms with Gasteiger partial charge in [0, 0.05) is 25.3 Å². The molecule has 0 spiro atoms. The Balaban J connectivity index is 1.83. The maximum Gasteiger partial charge on any atom is 0.147 e. The van der Waals surface area contributed by atoms with Crippen molar-refractivity contribution < 1.29 is 0 Å². The number of halogens is 2. The molecule has 3 rings (SSSR count). The minimum absolute atomic E-state index is 0.396. The van der Waals surface area contributed by atoms with Crippen LogP contribution in [0.2, 0.25) is 10.0 Å². The predicted octanol–water partition coefficient (Wildman–Crippen LogP) is 1.78. The second-order valence-corrected chi connectivity index (χ2v) is 5.11. The van der Waals surface area contributed by atoms with Gasteiger partial charge in [-0.05, 0) is 17.9 Å². The van der Waals surface area contributed by atoms with Crippen LogP contribution in [0.3, 0.4) is 0 Å². The number of aromatic nitrogens is 1. The van der Waals surface area contributed by atoms with Crippen LogP contribution in [0.4, 0.5) is 5.82 Å². The van der Waals surface area contributed by atoms with E-state index < -0.39 is 0 Å². The van der Waals surface area contributed by atoms with Crippen LogP contribution < -0.4 is 10.6 Å². The number of pyridine rings is 1. The lowest BCUT2D eigenvalue weighted by atomic mass is 10.3. The summed E-state index contributed by atoms with van der Waals surface area (Å²) in [5.41, 5.74) is 5.87. The van der Waals surface area contributed by atoms with Gasteiger partial charge in [-0.25, -0.2) is 4.98 Å². The molecule has 2 heterocycles. The minimum atomic E-state index is 0.396. The first kappa shape index (κ1) is 9.70. The molecule has 1 saturated heterocycles. The van der Waals surface area contributed by atoms with Gasteiger partial charge in [-0.2, -0.15) is 0 Å². The summed E-state index contributed by atoms with van der Waals surface area (Å²) < 4.78 is 0. The summed E-state index contributed by atoms with van der Waals surface area (Å²) in [5, 5.41) is 1.20. The number of fused-ring (bicyclic) bond motifs is 1. The average Bonchev–Trinajstić information content (AvgIpc) is 2.63. The second-order valence-electron chi connectivity index (χ2n) is 4.27.